The van der Waals surface area contributed by atoms with Gasteiger partial charge in [0.1, 0.15) is 54.0 Å². The molecule has 4 aromatic carbocycles. The van der Waals surface area contributed by atoms with Crippen molar-refractivity contribution in [3.63, 3.8) is 0 Å². The molecule has 0 aliphatic carbocycles. The van der Waals surface area contributed by atoms with Gasteiger partial charge in [0, 0.05) is 10.8 Å². The van der Waals surface area contributed by atoms with E-state index in [1.165, 1.54) is 0 Å². The predicted molar refractivity (Wildman–Crippen MR) is 173 cm³/mol. The van der Waals surface area contributed by atoms with Gasteiger partial charge in [0.25, 0.3) is 0 Å². The maximum atomic E-state index is 11.0. The van der Waals surface area contributed by atoms with Gasteiger partial charge in [-0.1, -0.05) is 76.2 Å². The van der Waals surface area contributed by atoms with E-state index in [0.717, 1.165) is 34.6 Å². The van der Waals surface area contributed by atoms with Crippen LogP contribution in [0.25, 0.3) is 0 Å². The second-order valence-electron chi connectivity index (χ2n) is 13.2. The average molecular weight is 597 g/mol. The number of rotatable bonds is 13. The predicted octanol–water partition coefficient (Wildman–Crippen LogP) is 7.42. The molecule has 0 amide bonds. The topological polar surface area (TPSA) is 80.7 Å². The highest BCUT2D eigenvalue weighted by Gasteiger charge is 2.32. The van der Waals surface area contributed by atoms with Crippen molar-refractivity contribution < 1.29 is 29.2 Å². The largest absolute Gasteiger partial charge is 0.508 e. The molecular weight excluding hydrogens is 552 g/mol. The molecule has 0 bridgehead atoms. The van der Waals surface area contributed by atoms with Gasteiger partial charge in [0.2, 0.25) is 0 Å². The Bertz CT molecular complexity index is 1520. The number of ether oxygens (including phenoxy) is 4. The molecule has 232 valence electrons. The molecule has 6 nitrogen and oxygen atoms in total. The smallest absolute Gasteiger partial charge is 0.132 e. The molecule has 2 N–H and O–H groups in total. The number of aromatic hydroxyl groups is 1. The van der Waals surface area contributed by atoms with Crippen molar-refractivity contribution in [3.05, 3.63) is 119 Å². The third-order valence-corrected chi connectivity index (χ3v) is 8.73. The minimum absolute atomic E-state index is 0.0874. The molecular formula is C38H44O6. The van der Waals surface area contributed by atoms with Crippen molar-refractivity contribution in [2.45, 2.75) is 70.2 Å². The molecule has 6 heteroatoms. The molecule has 1 saturated heterocycles. The third-order valence-electron chi connectivity index (χ3n) is 8.73. The minimum Gasteiger partial charge on any atom is -0.508 e. The monoisotopic (exact) mass is 596 g/mol. The first-order chi connectivity index (χ1) is 20.8. The molecule has 44 heavy (non-hydrogen) atoms. The summed E-state index contributed by atoms with van der Waals surface area (Å²) >= 11 is 0. The van der Waals surface area contributed by atoms with Crippen LogP contribution in [0.3, 0.4) is 0 Å². The standard InChI is InChI=1S/C38H44O6/c1-36(2,26-10-16-30(39)17-11-26)27-12-18-31(19-13-27)43-25-35(40)38(5,6)44-32-20-14-28(15-21-32)37(3,4)29-8-7-9-33(22-29)41-23-34-24-42-34/h7-22,34-35,39-40H,23-25H2,1-6H3. The van der Waals surface area contributed by atoms with Crippen molar-refractivity contribution in [1.29, 1.82) is 0 Å². The van der Waals surface area contributed by atoms with Crippen LogP contribution in [0.5, 0.6) is 23.0 Å². The Morgan fingerprint density at radius 2 is 1.20 bits per heavy atom. The zero-order valence-electron chi connectivity index (χ0n) is 26.5. The number of aliphatic hydroxyl groups is 1. The van der Waals surface area contributed by atoms with Crippen LogP contribution in [0.15, 0.2) is 97.1 Å². The van der Waals surface area contributed by atoms with E-state index in [-0.39, 0.29) is 29.3 Å². The van der Waals surface area contributed by atoms with Crippen LogP contribution in [0.4, 0.5) is 0 Å². The van der Waals surface area contributed by atoms with E-state index in [4.69, 9.17) is 18.9 Å². The van der Waals surface area contributed by atoms with Gasteiger partial charge < -0.3 is 29.2 Å². The van der Waals surface area contributed by atoms with Crippen molar-refractivity contribution in [3.8, 4) is 23.0 Å². The van der Waals surface area contributed by atoms with Crippen molar-refractivity contribution in [2.75, 3.05) is 19.8 Å². The fourth-order valence-electron chi connectivity index (χ4n) is 5.19. The highest BCUT2D eigenvalue weighted by molar-refractivity contribution is 5.43. The molecule has 0 spiro atoms. The van der Waals surface area contributed by atoms with Crippen LogP contribution in [0, 0.1) is 0 Å². The summed E-state index contributed by atoms with van der Waals surface area (Å²) in [4.78, 5) is 0. The number of benzene rings is 4. The minimum atomic E-state index is -0.880. The van der Waals surface area contributed by atoms with E-state index in [9.17, 15) is 10.2 Å². The SMILES string of the molecule is CC(C)(c1ccc(O)cc1)c1ccc(OCC(O)C(C)(C)Oc2ccc(C(C)(C)c3cccc(OCC4CO4)c3)cc2)cc1. The maximum absolute atomic E-state index is 11.0. The highest BCUT2D eigenvalue weighted by Crippen LogP contribution is 2.36. The fourth-order valence-corrected chi connectivity index (χ4v) is 5.19. The molecule has 5 rings (SSSR count). The second kappa shape index (κ2) is 12.5. The Hall–Kier alpha value is -4.00. The number of epoxide rings is 1. The van der Waals surface area contributed by atoms with E-state index in [1.54, 1.807) is 12.1 Å². The summed E-state index contributed by atoms with van der Waals surface area (Å²) < 4.78 is 23.4. The van der Waals surface area contributed by atoms with Crippen molar-refractivity contribution >= 4 is 0 Å². The summed E-state index contributed by atoms with van der Waals surface area (Å²) in [6.07, 6.45) is -0.647. The number of aliphatic hydroxyl groups excluding tert-OH is 1. The Morgan fingerprint density at radius 3 is 1.77 bits per heavy atom. The van der Waals surface area contributed by atoms with Crippen LogP contribution < -0.4 is 14.2 Å². The lowest BCUT2D eigenvalue weighted by Gasteiger charge is -2.32. The zero-order chi connectivity index (χ0) is 31.5. The third kappa shape index (κ3) is 7.37. The summed E-state index contributed by atoms with van der Waals surface area (Å²) in [7, 11) is 0. The first-order valence-corrected chi connectivity index (χ1v) is 15.2. The first-order valence-electron chi connectivity index (χ1n) is 15.2. The molecule has 1 aliphatic heterocycles. The van der Waals surface area contributed by atoms with E-state index >= 15 is 0 Å². The van der Waals surface area contributed by atoms with Gasteiger partial charge in [-0.25, -0.2) is 0 Å². The van der Waals surface area contributed by atoms with Gasteiger partial charge in [0.15, 0.2) is 0 Å². The highest BCUT2D eigenvalue weighted by atomic mass is 16.6. The Kier molecular flexibility index (Phi) is 8.96. The second-order valence-corrected chi connectivity index (χ2v) is 13.2. The Morgan fingerprint density at radius 1 is 0.682 bits per heavy atom. The van der Waals surface area contributed by atoms with E-state index in [1.807, 2.05) is 74.5 Å². The average Bonchev–Trinajstić information content (AvgIpc) is 3.84. The van der Waals surface area contributed by atoms with Crippen molar-refractivity contribution in [2.24, 2.45) is 0 Å². The molecule has 2 atom stereocenters. The first kappa shape index (κ1) is 31.4. The number of hydrogen-bond acceptors (Lipinski definition) is 6. The summed E-state index contributed by atoms with van der Waals surface area (Å²) in [6.45, 7) is 13.8. The summed E-state index contributed by atoms with van der Waals surface area (Å²) in [5.74, 6) is 2.45. The normalized spacial score (nSPS) is 15.8. The van der Waals surface area contributed by atoms with Crippen LogP contribution >= 0.6 is 0 Å². The van der Waals surface area contributed by atoms with Gasteiger partial charge in [-0.15, -0.1) is 0 Å². The molecule has 0 aromatic heterocycles. The number of phenolic OH excluding ortho intramolecular Hbond substituents is 1. The van der Waals surface area contributed by atoms with Gasteiger partial charge >= 0.3 is 0 Å². The number of phenols is 1. The van der Waals surface area contributed by atoms with Gasteiger partial charge in [-0.2, -0.15) is 0 Å². The Labute approximate surface area is 261 Å². The van der Waals surface area contributed by atoms with E-state index in [2.05, 4.69) is 52.0 Å². The van der Waals surface area contributed by atoms with Gasteiger partial charge in [-0.3, -0.25) is 0 Å². The fraction of sp³-hybridized carbons (Fsp3) is 0.368. The number of hydrogen-bond donors (Lipinski definition) is 2. The lowest BCUT2D eigenvalue weighted by molar-refractivity contribution is -0.0492. The van der Waals surface area contributed by atoms with Crippen molar-refractivity contribution in [1.82, 2.24) is 0 Å². The molecule has 4 aromatic rings. The maximum Gasteiger partial charge on any atom is 0.132 e. The molecule has 1 fully saturated rings. The molecule has 2 unspecified atom stereocenters. The van der Waals surface area contributed by atoms with Crippen LogP contribution in [-0.4, -0.2) is 47.8 Å². The van der Waals surface area contributed by atoms with E-state index < -0.39 is 11.7 Å². The van der Waals surface area contributed by atoms with Crippen LogP contribution in [0.2, 0.25) is 0 Å². The van der Waals surface area contributed by atoms with Crippen LogP contribution in [0.1, 0.15) is 63.8 Å². The molecule has 1 heterocycles. The van der Waals surface area contributed by atoms with Crippen LogP contribution in [-0.2, 0) is 15.6 Å². The molecule has 1 aliphatic rings. The molecule has 0 saturated carbocycles. The Balaban J connectivity index is 1.17. The van der Waals surface area contributed by atoms with Gasteiger partial charge in [0.05, 0.1) is 6.61 Å². The lowest BCUT2D eigenvalue weighted by atomic mass is 9.78. The zero-order valence-corrected chi connectivity index (χ0v) is 26.5. The summed E-state index contributed by atoms with van der Waals surface area (Å²) in [5, 5.41) is 20.6. The quantitative estimate of drug-likeness (QED) is 0.156. The summed E-state index contributed by atoms with van der Waals surface area (Å²) in [5.41, 5.74) is 3.16. The molecule has 0 radical (unpaired) electrons. The lowest BCUT2D eigenvalue weighted by Crippen LogP contribution is -2.45. The summed E-state index contributed by atoms with van der Waals surface area (Å²) in [6, 6.07) is 31.4. The van der Waals surface area contributed by atoms with E-state index in [0.29, 0.717) is 18.1 Å². The van der Waals surface area contributed by atoms with Gasteiger partial charge in [-0.05, 0) is 84.6 Å².